The fourth-order valence-corrected chi connectivity index (χ4v) is 7.10. The minimum absolute atomic E-state index is 0. The zero-order valence-electron chi connectivity index (χ0n) is 33.8. The maximum atomic E-state index is 13.3. The largest absolute Gasteiger partial charge is 0.490 e. The Morgan fingerprint density at radius 1 is 0.705 bits per heavy atom. The van der Waals surface area contributed by atoms with E-state index in [1.807, 2.05) is 49.8 Å². The third-order valence-corrected chi connectivity index (χ3v) is 10.6. The number of nitrogens with zero attached hydrogens (tertiary/aromatic N) is 6. The molecule has 0 unspecified atom stereocenters. The summed E-state index contributed by atoms with van der Waals surface area (Å²) in [7, 11) is 5.30. The molecule has 1 fully saturated rings. The highest BCUT2D eigenvalue weighted by molar-refractivity contribution is 9.10. The van der Waals surface area contributed by atoms with Crippen LogP contribution in [-0.2, 0) is 55.6 Å². The highest BCUT2D eigenvalue weighted by atomic mass is 79.9. The van der Waals surface area contributed by atoms with Crippen molar-refractivity contribution in [2.45, 2.75) is 52.1 Å². The minimum atomic E-state index is -1.45. The van der Waals surface area contributed by atoms with Crippen molar-refractivity contribution in [3.05, 3.63) is 135 Å². The lowest BCUT2D eigenvalue weighted by Gasteiger charge is -2.32. The maximum absolute atomic E-state index is 13.3. The standard InChI is InChI=1S/C23H23N3O3.C7H10BNO3.C7H8BrNO.C6H6BrNO.CH4/c1-26-20-13-25-19-6-4-15(16-3-5-17(14-28-2)24-12-16)11-18(19)21(20)23(22(26)27)7-9-29-10-8-23;1-12-5-7-3-2-6(4-9-7)8(10)11;1-10-5-7-3-2-6(8)4-9-7;7-5-1-2-6(4-9)8-3-5;/h3-6,11-13H,7-10,14H2,1-2H3;2-4,10-11H,5H2,1H3;2-4H,5H2,1H3;1-3,9H,4H2;1H4. The third kappa shape index (κ3) is 13.0. The van der Waals surface area contributed by atoms with Crippen LogP contribution in [0.15, 0.2) is 107 Å². The van der Waals surface area contributed by atoms with Crippen molar-refractivity contribution >= 4 is 66.9 Å². The lowest BCUT2D eigenvalue weighted by atomic mass is 9.74. The fourth-order valence-electron chi connectivity index (χ4n) is 6.63. The van der Waals surface area contributed by atoms with Gasteiger partial charge in [0.1, 0.15) is 0 Å². The van der Waals surface area contributed by atoms with Gasteiger partial charge < -0.3 is 39.0 Å². The number of carbonyl (C=O) groups is 1. The van der Waals surface area contributed by atoms with Gasteiger partial charge in [0.05, 0.1) is 72.0 Å². The molecular formula is C44H51BBr2N6O8. The molecule has 0 atom stereocenters. The Morgan fingerprint density at radius 2 is 1.23 bits per heavy atom. The van der Waals surface area contributed by atoms with Crippen molar-refractivity contribution in [2.75, 3.05) is 46.5 Å². The normalized spacial score (nSPS) is 13.5. The Morgan fingerprint density at radius 3 is 1.70 bits per heavy atom. The summed E-state index contributed by atoms with van der Waals surface area (Å²) in [5, 5.41) is 27.1. The number of rotatable bonds is 9. The topological polar surface area (TPSA) is 182 Å². The zero-order chi connectivity index (χ0) is 43.1. The van der Waals surface area contributed by atoms with Gasteiger partial charge in [-0.15, -0.1) is 0 Å². The van der Waals surface area contributed by atoms with Crippen LogP contribution in [-0.4, -0.2) is 94.7 Å². The zero-order valence-corrected chi connectivity index (χ0v) is 37.0. The van der Waals surface area contributed by atoms with Crippen LogP contribution in [0.25, 0.3) is 22.0 Å². The number of pyridine rings is 5. The number of hydrogen-bond acceptors (Lipinski definition) is 13. The van der Waals surface area contributed by atoms with Gasteiger partial charge in [0.2, 0.25) is 5.91 Å². The van der Waals surface area contributed by atoms with Gasteiger partial charge in [-0.3, -0.25) is 29.7 Å². The molecule has 0 aliphatic carbocycles. The fraction of sp³-hybridized carbons (Fsp3) is 0.318. The quantitative estimate of drug-likeness (QED) is 0.137. The number of anilines is 1. The highest BCUT2D eigenvalue weighted by Crippen LogP contribution is 2.50. The average Bonchev–Trinajstić information content (AvgIpc) is 3.47. The average molecular weight is 963 g/mol. The molecule has 6 aromatic rings. The number of fused-ring (bicyclic) bond motifs is 4. The molecule has 1 amide bonds. The monoisotopic (exact) mass is 960 g/mol. The van der Waals surface area contributed by atoms with E-state index in [-0.39, 0.29) is 19.9 Å². The predicted molar refractivity (Wildman–Crippen MR) is 243 cm³/mol. The minimum Gasteiger partial charge on any atom is -0.423 e. The molecule has 0 saturated carbocycles. The number of hydrogen-bond donors (Lipinski definition) is 3. The molecular weight excluding hydrogens is 911 g/mol. The molecule has 1 saturated heterocycles. The number of ether oxygens (including phenoxy) is 4. The summed E-state index contributed by atoms with van der Waals surface area (Å²) >= 11 is 6.52. The summed E-state index contributed by atoms with van der Waals surface area (Å²) in [5.74, 6) is 0.154. The van der Waals surface area contributed by atoms with Gasteiger partial charge in [-0.1, -0.05) is 25.6 Å². The number of benzene rings is 1. The summed E-state index contributed by atoms with van der Waals surface area (Å²) in [6, 6.07) is 21.1. The van der Waals surface area contributed by atoms with E-state index in [0.29, 0.717) is 57.0 Å². The molecule has 2 aliphatic heterocycles. The van der Waals surface area contributed by atoms with Crippen LogP contribution in [0.4, 0.5) is 5.69 Å². The maximum Gasteiger partial charge on any atom is 0.490 e. The Kier molecular flexibility index (Phi) is 19.5. The van der Waals surface area contributed by atoms with Gasteiger partial charge in [0.25, 0.3) is 0 Å². The van der Waals surface area contributed by atoms with E-state index in [9.17, 15) is 4.79 Å². The van der Waals surface area contributed by atoms with Crippen molar-refractivity contribution in [1.29, 1.82) is 0 Å². The molecule has 0 radical (unpaired) electrons. The number of halogens is 2. The smallest absolute Gasteiger partial charge is 0.423 e. The van der Waals surface area contributed by atoms with Gasteiger partial charge in [0.15, 0.2) is 0 Å². The molecule has 0 bridgehead atoms. The molecule has 14 nitrogen and oxygen atoms in total. The number of aromatic nitrogens is 5. The second-order valence-electron chi connectivity index (χ2n) is 13.7. The number of aliphatic hydroxyl groups is 1. The van der Waals surface area contributed by atoms with Gasteiger partial charge >= 0.3 is 7.12 Å². The van der Waals surface area contributed by atoms with Crippen molar-refractivity contribution in [3.63, 3.8) is 0 Å². The van der Waals surface area contributed by atoms with Crippen LogP contribution in [0.3, 0.4) is 0 Å². The first-order valence-electron chi connectivity index (χ1n) is 18.9. The lowest BCUT2D eigenvalue weighted by molar-refractivity contribution is -0.126. The Bertz CT molecular complexity index is 2270. The van der Waals surface area contributed by atoms with Crippen LogP contribution in [0.2, 0.25) is 0 Å². The van der Waals surface area contributed by atoms with E-state index in [0.717, 1.165) is 59.3 Å². The molecule has 5 aromatic heterocycles. The first-order valence-corrected chi connectivity index (χ1v) is 20.5. The second-order valence-corrected chi connectivity index (χ2v) is 15.5. The van der Waals surface area contributed by atoms with E-state index in [4.69, 9.17) is 34.1 Å². The van der Waals surface area contributed by atoms with Gasteiger partial charge in [-0.05, 0) is 98.8 Å². The van der Waals surface area contributed by atoms with Crippen molar-refractivity contribution < 1.29 is 38.9 Å². The van der Waals surface area contributed by atoms with Gasteiger partial charge in [0, 0.05) is 97.3 Å². The number of aliphatic hydroxyl groups excluding tert-OH is 1. The van der Waals surface area contributed by atoms with Gasteiger partial charge in [-0.2, -0.15) is 0 Å². The molecule has 61 heavy (non-hydrogen) atoms. The molecule has 3 N–H and O–H groups in total. The lowest BCUT2D eigenvalue weighted by Crippen LogP contribution is -2.43. The molecule has 8 rings (SSSR count). The van der Waals surface area contributed by atoms with Crippen LogP contribution < -0.4 is 10.4 Å². The van der Waals surface area contributed by atoms with Crippen molar-refractivity contribution in [2.24, 2.45) is 0 Å². The number of amides is 1. The molecule has 7 heterocycles. The van der Waals surface area contributed by atoms with E-state index < -0.39 is 12.5 Å². The van der Waals surface area contributed by atoms with Crippen LogP contribution in [0.1, 0.15) is 48.6 Å². The van der Waals surface area contributed by atoms with E-state index in [1.165, 1.54) is 6.20 Å². The summed E-state index contributed by atoms with van der Waals surface area (Å²) in [6.45, 7) is 2.72. The Balaban J connectivity index is 0.000000211. The van der Waals surface area contributed by atoms with Crippen LogP contribution in [0.5, 0.6) is 0 Å². The van der Waals surface area contributed by atoms with Gasteiger partial charge in [-0.25, -0.2) is 0 Å². The molecule has 2 aliphatic rings. The Hall–Kier alpha value is -4.56. The summed E-state index contributed by atoms with van der Waals surface area (Å²) in [5.41, 5.74) is 8.19. The van der Waals surface area contributed by atoms with E-state index >= 15 is 0 Å². The van der Waals surface area contributed by atoms with Crippen LogP contribution >= 0.6 is 31.9 Å². The molecule has 1 aromatic carbocycles. The second kappa shape index (κ2) is 24.2. The van der Waals surface area contributed by atoms with Crippen molar-refractivity contribution in [1.82, 2.24) is 24.9 Å². The number of likely N-dealkylation sites (N-methyl/N-ethyl adjacent to an activating group) is 1. The third-order valence-electron chi connectivity index (χ3n) is 9.67. The summed E-state index contributed by atoms with van der Waals surface area (Å²) in [6.07, 6.45) is 9.95. The van der Waals surface area contributed by atoms with Crippen molar-refractivity contribution in [3.8, 4) is 11.1 Å². The Labute approximate surface area is 373 Å². The highest BCUT2D eigenvalue weighted by Gasteiger charge is 2.51. The SMILES string of the molecule is C.COCc1ccc(-c2ccc3ncc4c(c3c2)C2(CCOCC2)C(=O)N4C)cn1.COCc1ccc(B(O)O)cn1.COCc1ccc(Br)cn1.OCc1ccc(Br)cn1. The summed E-state index contributed by atoms with van der Waals surface area (Å²) < 4.78 is 22.4. The number of methoxy groups -OCH3 is 3. The van der Waals surface area contributed by atoms with E-state index in [1.54, 1.807) is 56.8 Å². The molecule has 17 heteroatoms. The first-order chi connectivity index (χ1) is 29.0. The number of carbonyl (C=O) groups excluding carboxylic acids is 1. The predicted octanol–water partition coefficient (Wildman–Crippen LogP) is 6.34. The summed E-state index contributed by atoms with van der Waals surface area (Å²) in [4.78, 5) is 36.1. The van der Waals surface area contributed by atoms with Crippen LogP contribution in [0, 0.1) is 0 Å². The molecule has 322 valence electrons. The first kappa shape index (κ1) is 49.1. The molecule has 1 spiro atoms. The van der Waals surface area contributed by atoms with E-state index in [2.05, 4.69) is 75.0 Å².